The Kier molecular flexibility index (Phi) is 6.02. The predicted octanol–water partition coefficient (Wildman–Crippen LogP) is 3.43. The highest BCUT2D eigenvalue weighted by atomic mass is 19.1. The molecule has 0 unspecified atom stereocenters. The van der Waals surface area contributed by atoms with Crippen molar-refractivity contribution in [2.45, 2.75) is 18.8 Å². The molecule has 2 aromatic carbocycles. The number of para-hydroxylation sites is 1. The Morgan fingerprint density at radius 1 is 1.19 bits per heavy atom. The number of nitrogens with zero attached hydrogens (tertiary/aromatic N) is 3. The van der Waals surface area contributed by atoms with Crippen molar-refractivity contribution < 1.29 is 23.1 Å². The molecule has 2 aromatic rings. The number of aliphatic hydroxyl groups excluding tert-OH is 1. The molecule has 4 rings (SSSR count). The Bertz CT molecular complexity index is 1010. The zero-order valence-electron chi connectivity index (χ0n) is 17.1. The molecule has 2 aliphatic rings. The van der Waals surface area contributed by atoms with Gasteiger partial charge in [-0.1, -0.05) is 24.3 Å². The lowest BCUT2D eigenvalue weighted by atomic mass is 10.1. The van der Waals surface area contributed by atoms with E-state index in [4.69, 9.17) is 0 Å². The average molecular weight is 431 g/mol. The number of likely N-dealkylation sites (tertiary alicyclic amines) is 1. The lowest BCUT2D eigenvalue weighted by molar-refractivity contribution is 0.210. The highest BCUT2D eigenvalue weighted by Gasteiger charge is 2.41. The van der Waals surface area contributed by atoms with Crippen LogP contribution in [-0.2, 0) is 6.61 Å². The number of amides is 2. The van der Waals surface area contributed by atoms with Crippen LogP contribution in [0.4, 0.5) is 23.7 Å². The third-order valence-electron chi connectivity index (χ3n) is 5.83. The van der Waals surface area contributed by atoms with Crippen LogP contribution in [0.2, 0.25) is 0 Å². The minimum Gasteiger partial charge on any atom is -0.392 e. The summed E-state index contributed by atoms with van der Waals surface area (Å²) >= 11 is 0. The Balaban J connectivity index is 1.64. The molecule has 1 N–H and O–H groups in total. The number of alkyl halides is 1. The zero-order valence-corrected chi connectivity index (χ0v) is 17.1. The fourth-order valence-corrected chi connectivity index (χ4v) is 4.27. The first-order valence-electron chi connectivity index (χ1n) is 10.1. The van der Waals surface area contributed by atoms with E-state index in [0.717, 1.165) is 18.2 Å². The summed E-state index contributed by atoms with van der Waals surface area (Å²) in [6.45, 7) is 0.530. The minimum atomic E-state index is -1.25. The fourth-order valence-electron chi connectivity index (χ4n) is 4.27. The molecular formula is C23H24F3N3O2. The molecule has 2 heterocycles. The minimum absolute atomic E-state index is 0.0799. The third kappa shape index (κ3) is 4.18. The Morgan fingerprint density at radius 2 is 1.97 bits per heavy atom. The number of carbonyl (C=O) groups excluding carboxylic acids is 1. The fraction of sp³-hybridized carbons (Fsp3) is 0.348. The lowest BCUT2D eigenvalue weighted by Gasteiger charge is -2.34. The van der Waals surface area contributed by atoms with Gasteiger partial charge in [-0.15, -0.1) is 0 Å². The van der Waals surface area contributed by atoms with Crippen LogP contribution in [0.25, 0.3) is 5.57 Å². The predicted molar refractivity (Wildman–Crippen MR) is 112 cm³/mol. The lowest BCUT2D eigenvalue weighted by Crippen LogP contribution is -2.52. The van der Waals surface area contributed by atoms with E-state index >= 15 is 0 Å². The van der Waals surface area contributed by atoms with Gasteiger partial charge < -0.3 is 14.9 Å². The van der Waals surface area contributed by atoms with Gasteiger partial charge in [0, 0.05) is 37.3 Å². The molecule has 31 heavy (non-hydrogen) atoms. The number of carbonyl (C=O) groups is 1. The first-order chi connectivity index (χ1) is 14.9. The molecule has 0 radical (unpaired) electrons. The van der Waals surface area contributed by atoms with E-state index in [1.807, 2.05) is 4.90 Å². The van der Waals surface area contributed by atoms with Crippen LogP contribution < -0.4 is 4.90 Å². The Labute approximate surface area is 179 Å². The number of rotatable bonds is 4. The van der Waals surface area contributed by atoms with Gasteiger partial charge in [-0.25, -0.2) is 18.0 Å². The second kappa shape index (κ2) is 8.72. The van der Waals surface area contributed by atoms with E-state index in [-0.39, 0.29) is 31.8 Å². The number of aliphatic hydroxyl groups is 1. The van der Waals surface area contributed by atoms with Gasteiger partial charge in [-0.2, -0.15) is 0 Å². The van der Waals surface area contributed by atoms with Crippen molar-refractivity contribution >= 4 is 17.3 Å². The number of hydrogen-bond acceptors (Lipinski definition) is 3. The molecule has 5 nitrogen and oxygen atoms in total. The summed E-state index contributed by atoms with van der Waals surface area (Å²) in [4.78, 5) is 18.3. The van der Waals surface area contributed by atoms with E-state index < -0.39 is 29.9 Å². The maximum Gasteiger partial charge on any atom is 0.325 e. The van der Waals surface area contributed by atoms with Crippen molar-refractivity contribution in [3.05, 3.63) is 71.3 Å². The second-order valence-corrected chi connectivity index (χ2v) is 7.98. The zero-order chi connectivity index (χ0) is 22.1. The van der Waals surface area contributed by atoms with E-state index in [0.29, 0.717) is 23.4 Å². The maximum absolute atomic E-state index is 14.9. The molecule has 2 atom stereocenters. The van der Waals surface area contributed by atoms with E-state index in [2.05, 4.69) is 0 Å². The molecule has 164 valence electrons. The summed E-state index contributed by atoms with van der Waals surface area (Å²) in [5.41, 5.74) is 1.58. The number of anilines is 1. The molecule has 0 saturated carbocycles. The molecule has 1 saturated heterocycles. The Hall–Kier alpha value is -2.84. The van der Waals surface area contributed by atoms with Crippen molar-refractivity contribution in [2.24, 2.45) is 0 Å². The highest BCUT2D eigenvalue weighted by Crippen LogP contribution is 2.31. The summed E-state index contributed by atoms with van der Waals surface area (Å²) in [6, 6.07) is 8.90. The third-order valence-corrected chi connectivity index (χ3v) is 5.83. The first-order valence-corrected chi connectivity index (χ1v) is 10.1. The SMILES string of the molecule is CN1C[C@H](F)[C@@H](N(C(=O)N2CC=C(c3cc(F)ccc3F)C2)c2ccccc2CO)C1. The van der Waals surface area contributed by atoms with Gasteiger partial charge in [0.25, 0.3) is 0 Å². The molecule has 0 bridgehead atoms. The smallest absolute Gasteiger partial charge is 0.325 e. The second-order valence-electron chi connectivity index (χ2n) is 7.98. The van der Waals surface area contributed by atoms with Gasteiger partial charge in [-0.3, -0.25) is 4.90 Å². The topological polar surface area (TPSA) is 47.0 Å². The summed E-state index contributed by atoms with van der Waals surface area (Å²) in [5.74, 6) is -1.12. The van der Waals surface area contributed by atoms with Crippen LogP contribution in [0.15, 0.2) is 48.5 Å². The van der Waals surface area contributed by atoms with E-state index in [1.165, 1.54) is 9.80 Å². The highest BCUT2D eigenvalue weighted by molar-refractivity contribution is 5.95. The molecule has 0 aliphatic carbocycles. The molecule has 1 fully saturated rings. The molecule has 2 aliphatic heterocycles. The molecule has 0 spiro atoms. The van der Waals surface area contributed by atoms with Gasteiger partial charge >= 0.3 is 6.03 Å². The number of likely N-dealkylation sites (N-methyl/N-ethyl adjacent to an activating group) is 1. The maximum atomic E-state index is 14.9. The van der Waals surface area contributed by atoms with Crippen LogP contribution in [-0.4, -0.2) is 66.4 Å². The monoisotopic (exact) mass is 431 g/mol. The summed E-state index contributed by atoms with van der Waals surface area (Å²) in [5, 5.41) is 9.78. The van der Waals surface area contributed by atoms with Gasteiger partial charge in [0.05, 0.1) is 18.3 Å². The van der Waals surface area contributed by atoms with Crippen LogP contribution in [0.1, 0.15) is 11.1 Å². The first kappa shape index (κ1) is 21.4. The standard InChI is InChI=1S/C23H24F3N3O2/c1-27-12-20(26)22(13-27)29(21-5-3-2-4-16(21)14-30)23(31)28-9-8-15(11-28)18-10-17(24)6-7-19(18)25/h2-8,10,20,22,30H,9,11-14H2,1H3/t20-,22-/m0/s1. The molecule has 2 amide bonds. The van der Waals surface area contributed by atoms with Crippen molar-refractivity contribution in [3.8, 4) is 0 Å². The van der Waals surface area contributed by atoms with Crippen molar-refractivity contribution in [3.63, 3.8) is 0 Å². The largest absolute Gasteiger partial charge is 0.392 e. The van der Waals surface area contributed by atoms with Crippen molar-refractivity contribution in [1.82, 2.24) is 9.80 Å². The number of benzene rings is 2. The van der Waals surface area contributed by atoms with Crippen LogP contribution >= 0.6 is 0 Å². The quantitative estimate of drug-likeness (QED) is 0.807. The molecular weight excluding hydrogens is 407 g/mol. The van der Waals surface area contributed by atoms with Crippen molar-refractivity contribution in [2.75, 3.05) is 38.1 Å². The van der Waals surface area contributed by atoms with E-state index in [1.54, 1.807) is 37.4 Å². The number of urea groups is 1. The van der Waals surface area contributed by atoms with E-state index in [9.17, 15) is 23.1 Å². The van der Waals surface area contributed by atoms with Gasteiger partial charge in [0.15, 0.2) is 0 Å². The van der Waals surface area contributed by atoms with Gasteiger partial charge in [0.2, 0.25) is 0 Å². The van der Waals surface area contributed by atoms with Gasteiger partial charge in [0.1, 0.15) is 17.8 Å². The summed E-state index contributed by atoms with van der Waals surface area (Å²) in [6.07, 6.45) is 0.427. The Morgan fingerprint density at radius 3 is 2.68 bits per heavy atom. The van der Waals surface area contributed by atoms with Crippen LogP contribution in [0.5, 0.6) is 0 Å². The number of hydrogen-bond donors (Lipinski definition) is 1. The number of halogens is 3. The van der Waals surface area contributed by atoms with Crippen LogP contribution in [0, 0.1) is 11.6 Å². The summed E-state index contributed by atoms with van der Waals surface area (Å²) < 4.78 is 42.7. The van der Waals surface area contributed by atoms with Crippen molar-refractivity contribution in [1.29, 1.82) is 0 Å². The molecule has 8 heteroatoms. The summed E-state index contributed by atoms with van der Waals surface area (Å²) in [7, 11) is 1.79. The molecule has 0 aromatic heterocycles. The van der Waals surface area contributed by atoms with Crippen LogP contribution in [0.3, 0.4) is 0 Å². The normalized spacial score (nSPS) is 21.5. The average Bonchev–Trinajstić information content (AvgIpc) is 3.37. The van der Waals surface area contributed by atoms with Gasteiger partial charge in [-0.05, 0) is 36.9 Å².